The van der Waals surface area contributed by atoms with Gasteiger partial charge < -0.3 is 16.0 Å². The third kappa shape index (κ3) is 5.82. The Hall–Kier alpha value is -2.87. The van der Waals surface area contributed by atoms with E-state index in [0.29, 0.717) is 17.3 Å². The molecule has 0 aromatic heterocycles. The van der Waals surface area contributed by atoms with Gasteiger partial charge in [0.1, 0.15) is 0 Å². The lowest BCUT2D eigenvalue weighted by Crippen LogP contribution is -2.29. The smallest absolute Gasteiger partial charge is 0.325 e. The number of hydrogen-bond donors (Lipinski definition) is 3. The van der Waals surface area contributed by atoms with Gasteiger partial charge in [-0.3, -0.25) is 9.59 Å². The van der Waals surface area contributed by atoms with E-state index in [2.05, 4.69) is 16.0 Å². The third-order valence-corrected chi connectivity index (χ3v) is 4.27. The minimum atomic E-state index is -4.52. The van der Waals surface area contributed by atoms with Crippen LogP contribution in [-0.4, -0.2) is 24.9 Å². The zero-order chi connectivity index (χ0) is 20.1. The number of carbonyl (C=O) groups excluding carboxylic acids is 2. The summed E-state index contributed by atoms with van der Waals surface area (Å²) in [5.41, 5.74) is -0.139. The molecule has 3 N–H and O–H groups in total. The molecule has 1 saturated carbocycles. The summed E-state index contributed by atoms with van der Waals surface area (Å²) in [6.45, 7) is 1.01. The molecule has 5 nitrogen and oxygen atoms in total. The van der Waals surface area contributed by atoms with E-state index in [-0.39, 0.29) is 18.0 Å². The largest absolute Gasteiger partial charge is 0.416 e. The topological polar surface area (TPSA) is 70.2 Å². The van der Waals surface area contributed by atoms with Crippen LogP contribution in [0.3, 0.4) is 0 Å². The fourth-order valence-corrected chi connectivity index (χ4v) is 2.63. The predicted octanol–water partition coefficient (Wildman–Crippen LogP) is 3.90. The second-order valence-electron chi connectivity index (χ2n) is 6.74. The van der Waals surface area contributed by atoms with Crippen molar-refractivity contribution < 1.29 is 22.8 Å². The van der Waals surface area contributed by atoms with Crippen molar-refractivity contribution in [2.24, 2.45) is 5.92 Å². The average molecular weight is 391 g/mol. The van der Waals surface area contributed by atoms with Gasteiger partial charge in [0.15, 0.2) is 0 Å². The lowest BCUT2D eigenvalue weighted by Gasteiger charge is -2.11. The second kappa shape index (κ2) is 8.43. The van der Waals surface area contributed by atoms with Gasteiger partial charge >= 0.3 is 6.18 Å². The van der Waals surface area contributed by atoms with E-state index in [4.69, 9.17) is 0 Å². The fraction of sp³-hybridized carbons (Fsp3) is 0.300. The van der Waals surface area contributed by atoms with E-state index in [1.54, 1.807) is 24.3 Å². The summed E-state index contributed by atoms with van der Waals surface area (Å²) in [7, 11) is 0. The van der Waals surface area contributed by atoms with Crippen LogP contribution >= 0.6 is 0 Å². The zero-order valence-corrected chi connectivity index (χ0v) is 15.0. The molecule has 3 rings (SSSR count). The van der Waals surface area contributed by atoms with Crippen LogP contribution in [0.1, 0.15) is 28.8 Å². The number of amides is 2. The van der Waals surface area contributed by atoms with Crippen molar-refractivity contribution in [2.45, 2.75) is 19.0 Å². The monoisotopic (exact) mass is 391 g/mol. The van der Waals surface area contributed by atoms with Gasteiger partial charge in [0.2, 0.25) is 5.91 Å². The minimum Gasteiger partial charge on any atom is -0.325 e. The van der Waals surface area contributed by atoms with Crippen molar-refractivity contribution in [3.63, 3.8) is 0 Å². The summed E-state index contributed by atoms with van der Waals surface area (Å²) in [6, 6.07) is 10.6. The van der Waals surface area contributed by atoms with Gasteiger partial charge in [0, 0.05) is 16.9 Å². The lowest BCUT2D eigenvalue weighted by molar-refractivity contribution is -0.137. The molecule has 1 fully saturated rings. The van der Waals surface area contributed by atoms with Gasteiger partial charge in [0.05, 0.1) is 12.1 Å². The molecule has 0 aliphatic heterocycles. The number of halogens is 3. The molecule has 0 saturated heterocycles. The number of rotatable bonds is 7. The maximum absolute atomic E-state index is 12.8. The number of carbonyl (C=O) groups is 2. The molecule has 2 aromatic rings. The molecule has 8 heteroatoms. The molecule has 0 bridgehead atoms. The van der Waals surface area contributed by atoms with E-state index in [1.807, 2.05) is 0 Å². The molecule has 1 aliphatic carbocycles. The molecule has 28 heavy (non-hydrogen) atoms. The Morgan fingerprint density at radius 2 is 1.64 bits per heavy atom. The van der Waals surface area contributed by atoms with Crippen LogP contribution in [0.5, 0.6) is 0 Å². The molecule has 0 unspecified atom stereocenters. The minimum absolute atomic E-state index is 0.103. The predicted molar refractivity (Wildman–Crippen MR) is 100 cm³/mol. The highest BCUT2D eigenvalue weighted by molar-refractivity contribution is 6.04. The van der Waals surface area contributed by atoms with Crippen LogP contribution in [0, 0.1) is 5.92 Å². The first-order valence-electron chi connectivity index (χ1n) is 8.90. The molecule has 0 atom stereocenters. The van der Waals surface area contributed by atoms with E-state index in [1.165, 1.54) is 25.0 Å². The van der Waals surface area contributed by atoms with Crippen LogP contribution in [-0.2, 0) is 11.0 Å². The van der Waals surface area contributed by atoms with Gasteiger partial charge in [-0.1, -0.05) is 12.1 Å². The van der Waals surface area contributed by atoms with E-state index >= 15 is 0 Å². The Bertz CT molecular complexity index is 864. The highest BCUT2D eigenvalue weighted by Gasteiger charge is 2.30. The normalized spacial score (nSPS) is 13.8. The highest BCUT2D eigenvalue weighted by atomic mass is 19.4. The number of hydrogen-bond acceptors (Lipinski definition) is 3. The Morgan fingerprint density at radius 3 is 2.32 bits per heavy atom. The average Bonchev–Trinajstić information content (AvgIpc) is 3.46. The van der Waals surface area contributed by atoms with Crippen molar-refractivity contribution in [1.29, 1.82) is 0 Å². The Morgan fingerprint density at radius 1 is 0.964 bits per heavy atom. The first-order valence-corrected chi connectivity index (χ1v) is 8.90. The standard InChI is InChI=1S/C20H20F3N3O2/c21-20(22,23)15-4-1-3-14(9-15)19(28)26-17-6-2-5-16(10-17)25-18(27)12-24-11-13-7-8-13/h1-6,9-10,13,24H,7-8,11-12H2,(H,25,27)(H,26,28). The van der Waals surface area contributed by atoms with Crippen LogP contribution < -0.4 is 16.0 Å². The Balaban J connectivity index is 1.59. The van der Waals surface area contributed by atoms with E-state index in [9.17, 15) is 22.8 Å². The van der Waals surface area contributed by atoms with Gasteiger partial charge in [-0.2, -0.15) is 13.2 Å². The van der Waals surface area contributed by atoms with Crippen molar-refractivity contribution >= 4 is 23.2 Å². The first kappa shape index (κ1) is 19.9. The van der Waals surface area contributed by atoms with Gasteiger partial charge in [0.25, 0.3) is 5.91 Å². The second-order valence-corrected chi connectivity index (χ2v) is 6.74. The molecule has 1 aliphatic rings. The van der Waals surface area contributed by atoms with E-state index in [0.717, 1.165) is 18.7 Å². The summed E-state index contributed by atoms with van der Waals surface area (Å²) in [5, 5.41) is 8.34. The summed E-state index contributed by atoms with van der Waals surface area (Å²) in [5.74, 6) is -0.204. The quantitative estimate of drug-likeness (QED) is 0.671. The van der Waals surface area contributed by atoms with Crippen molar-refractivity contribution in [3.05, 3.63) is 59.7 Å². The summed E-state index contributed by atoms with van der Waals surface area (Å²) in [6.07, 6.45) is -2.13. The van der Waals surface area contributed by atoms with Crippen molar-refractivity contribution in [1.82, 2.24) is 5.32 Å². The van der Waals surface area contributed by atoms with Crippen LogP contribution in [0.4, 0.5) is 24.5 Å². The number of alkyl halides is 3. The highest BCUT2D eigenvalue weighted by Crippen LogP contribution is 2.30. The molecule has 0 spiro atoms. The zero-order valence-electron chi connectivity index (χ0n) is 15.0. The van der Waals surface area contributed by atoms with Crippen molar-refractivity contribution in [3.8, 4) is 0 Å². The molecule has 2 aromatic carbocycles. The molecule has 148 valence electrons. The van der Waals surface area contributed by atoms with Crippen molar-refractivity contribution in [2.75, 3.05) is 23.7 Å². The van der Waals surface area contributed by atoms with Gasteiger partial charge in [-0.25, -0.2) is 0 Å². The molecule has 0 heterocycles. The number of benzene rings is 2. The number of anilines is 2. The maximum atomic E-state index is 12.8. The summed E-state index contributed by atoms with van der Waals surface area (Å²) >= 11 is 0. The fourth-order valence-electron chi connectivity index (χ4n) is 2.63. The Kier molecular flexibility index (Phi) is 5.99. The van der Waals surface area contributed by atoms with E-state index < -0.39 is 17.6 Å². The summed E-state index contributed by atoms with van der Waals surface area (Å²) in [4.78, 5) is 24.2. The lowest BCUT2D eigenvalue weighted by atomic mass is 10.1. The molecule has 2 amide bonds. The van der Waals surface area contributed by atoms with Crippen LogP contribution in [0.15, 0.2) is 48.5 Å². The van der Waals surface area contributed by atoms with Crippen LogP contribution in [0.2, 0.25) is 0 Å². The maximum Gasteiger partial charge on any atom is 0.416 e. The first-order chi connectivity index (χ1) is 13.3. The molecular weight excluding hydrogens is 371 g/mol. The van der Waals surface area contributed by atoms with Gasteiger partial charge in [-0.05, 0) is 61.7 Å². The third-order valence-electron chi connectivity index (χ3n) is 4.27. The summed E-state index contributed by atoms with van der Waals surface area (Å²) < 4.78 is 38.4. The Labute approximate surface area is 160 Å². The SMILES string of the molecule is O=C(CNCC1CC1)Nc1cccc(NC(=O)c2cccc(C(F)(F)F)c2)c1. The van der Waals surface area contributed by atoms with Gasteiger partial charge in [-0.15, -0.1) is 0 Å². The molecular formula is C20H20F3N3O2. The number of nitrogens with one attached hydrogen (secondary N) is 3. The molecule has 0 radical (unpaired) electrons. The van der Waals surface area contributed by atoms with Crippen LogP contribution in [0.25, 0.3) is 0 Å².